The van der Waals surface area contributed by atoms with Gasteiger partial charge in [-0.1, -0.05) is 23.7 Å². The van der Waals surface area contributed by atoms with E-state index in [-0.39, 0.29) is 12.5 Å². The molecule has 2 aromatic carbocycles. The van der Waals surface area contributed by atoms with E-state index in [2.05, 4.69) is 10.1 Å². The van der Waals surface area contributed by atoms with Gasteiger partial charge in [0.05, 0.1) is 41.8 Å². The number of para-hydroxylation sites is 2. The number of methoxy groups -OCH3 is 1. The van der Waals surface area contributed by atoms with Crippen molar-refractivity contribution in [3.63, 3.8) is 0 Å². The smallest absolute Gasteiger partial charge is 0.230 e. The highest BCUT2D eigenvalue weighted by atomic mass is 35.5. The molecular formula is C28H21ClN6O4. The maximum atomic E-state index is 6.41. The monoisotopic (exact) mass is 540 g/mol. The zero-order valence-corrected chi connectivity index (χ0v) is 21.7. The summed E-state index contributed by atoms with van der Waals surface area (Å²) in [4.78, 5) is 9.41. The molecule has 4 aromatic heterocycles. The summed E-state index contributed by atoms with van der Waals surface area (Å²) in [5.41, 5.74) is 3.77. The van der Waals surface area contributed by atoms with Crippen molar-refractivity contribution in [3.05, 3.63) is 107 Å². The molecule has 0 aliphatic carbocycles. The zero-order chi connectivity index (χ0) is 26.5. The van der Waals surface area contributed by atoms with Crippen LogP contribution in [0.3, 0.4) is 0 Å². The van der Waals surface area contributed by atoms with Crippen LogP contribution in [0, 0.1) is 6.92 Å². The van der Waals surface area contributed by atoms with Gasteiger partial charge < -0.3 is 18.6 Å². The minimum absolute atomic E-state index is 0.141. The quantitative estimate of drug-likeness (QED) is 0.263. The van der Waals surface area contributed by atoms with Crippen molar-refractivity contribution >= 4 is 17.2 Å². The Morgan fingerprint density at radius 1 is 0.974 bits per heavy atom. The van der Waals surface area contributed by atoms with Crippen LogP contribution in [-0.4, -0.2) is 36.5 Å². The molecule has 7 rings (SSSR count). The second kappa shape index (κ2) is 9.17. The molecule has 0 spiro atoms. The summed E-state index contributed by atoms with van der Waals surface area (Å²) < 4.78 is 27.1. The molecule has 6 aromatic rings. The Kier molecular flexibility index (Phi) is 5.48. The van der Waals surface area contributed by atoms with E-state index in [4.69, 9.17) is 40.3 Å². The van der Waals surface area contributed by atoms with Crippen LogP contribution < -0.4 is 14.2 Å². The van der Waals surface area contributed by atoms with Crippen LogP contribution in [0.2, 0.25) is 5.02 Å². The number of fused-ring (bicyclic) bond motifs is 4. The van der Waals surface area contributed by atoms with Gasteiger partial charge in [0, 0.05) is 5.02 Å². The lowest BCUT2D eigenvalue weighted by Gasteiger charge is -2.24. The van der Waals surface area contributed by atoms with E-state index in [1.54, 1.807) is 28.9 Å². The van der Waals surface area contributed by atoms with Crippen molar-refractivity contribution in [2.45, 2.75) is 19.4 Å². The minimum Gasteiger partial charge on any atom is -0.493 e. The van der Waals surface area contributed by atoms with Crippen LogP contribution in [0.5, 0.6) is 23.3 Å². The number of furan rings is 1. The van der Waals surface area contributed by atoms with Crippen LogP contribution in [0.25, 0.3) is 11.3 Å². The molecule has 0 amide bonds. The molecular weight excluding hydrogens is 520 g/mol. The Morgan fingerprint density at radius 3 is 2.56 bits per heavy atom. The van der Waals surface area contributed by atoms with Gasteiger partial charge in [-0.2, -0.15) is 5.10 Å². The van der Waals surface area contributed by atoms with E-state index < -0.39 is 0 Å². The van der Waals surface area contributed by atoms with Crippen molar-refractivity contribution in [1.29, 1.82) is 0 Å². The standard InChI is InChI=1S/C28H21ClN6O4/c1-16-23-24(21-8-5-13-37-21)25-26-31-22(14-38-20-7-4-3-6-19(20)36-2)33-34(26)15-30-27(25)39-28(23)35(32-16)18-11-9-17(29)10-12-18/h3-13,15,24H,14H2,1-2H3/t24-/m1/s1. The predicted octanol–water partition coefficient (Wildman–Crippen LogP) is 5.74. The van der Waals surface area contributed by atoms with Crippen molar-refractivity contribution in [2.75, 3.05) is 7.11 Å². The molecule has 1 atom stereocenters. The van der Waals surface area contributed by atoms with Crippen LogP contribution in [-0.2, 0) is 6.61 Å². The summed E-state index contributed by atoms with van der Waals surface area (Å²) in [6.45, 7) is 2.08. The Morgan fingerprint density at radius 2 is 1.79 bits per heavy atom. The highest BCUT2D eigenvalue weighted by Gasteiger charge is 2.39. The number of halogens is 1. The molecule has 0 saturated heterocycles. The summed E-state index contributed by atoms with van der Waals surface area (Å²) in [5.74, 6) is 3.01. The molecule has 1 aliphatic rings. The van der Waals surface area contributed by atoms with E-state index in [0.29, 0.717) is 45.5 Å². The molecule has 0 saturated carbocycles. The summed E-state index contributed by atoms with van der Waals surface area (Å²) in [6, 6.07) is 18.6. The van der Waals surface area contributed by atoms with Gasteiger partial charge in [-0.3, -0.25) is 0 Å². The van der Waals surface area contributed by atoms with Crippen molar-refractivity contribution in [2.24, 2.45) is 0 Å². The predicted molar refractivity (Wildman–Crippen MR) is 141 cm³/mol. The third-order valence-corrected chi connectivity index (χ3v) is 6.84. The molecule has 0 radical (unpaired) electrons. The van der Waals surface area contributed by atoms with Crippen LogP contribution in [0.15, 0.2) is 77.7 Å². The van der Waals surface area contributed by atoms with E-state index in [1.165, 1.54) is 0 Å². The van der Waals surface area contributed by atoms with Crippen molar-refractivity contribution in [3.8, 4) is 28.9 Å². The average molecular weight is 541 g/mol. The summed E-state index contributed by atoms with van der Waals surface area (Å²) in [6.07, 6.45) is 3.22. The Balaban J connectivity index is 1.34. The number of hydrogen-bond donors (Lipinski definition) is 0. The lowest BCUT2D eigenvalue weighted by molar-refractivity contribution is 0.276. The van der Waals surface area contributed by atoms with Crippen molar-refractivity contribution in [1.82, 2.24) is 29.4 Å². The number of ether oxygens (including phenoxy) is 3. The van der Waals surface area contributed by atoms with Gasteiger partial charge in [0.15, 0.2) is 23.0 Å². The third-order valence-electron chi connectivity index (χ3n) is 6.59. The van der Waals surface area contributed by atoms with Crippen LogP contribution in [0.1, 0.15) is 34.3 Å². The summed E-state index contributed by atoms with van der Waals surface area (Å²) >= 11 is 6.12. The number of aromatic nitrogens is 6. The summed E-state index contributed by atoms with van der Waals surface area (Å²) in [5, 5.41) is 10.0. The molecule has 0 unspecified atom stereocenters. The van der Waals surface area contributed by atoms with Crippen LogP contribution in [0.4, 0.5) is 0 Å². The second-order valence-electron chi connectivity index (χ2n) is 8.94. The number of nitrogens with zero attached hydrogens (tertiary/aromatic N) is 6. The molecule has 39 heavy (non-hydrogen) atoms. The summed E-state index contributed by atoms with van der Waals surface area (Å²) in [7, 11) is 1.60. The molecule has 194 valence electrons. The topological polar surface area (TPSA) is 102 Å². The van der Waals surface area contributed by atoms with Gasteiger partial charge in [-0.05, 0) is 55.5 Å². The zero-order valence-electron chi connectivity index (χ0n) is 20.9. The Labute approximate surface area is 227 Å². The normalized spacial score (nSPS) is 14.1. The SMILES string of the molecule is COc1ccccc1OCc1nc2c3c(ncn2n1)Oc1c(c(C)nn1-c1ccc(Cl)cc1)[C@H]3c1ccco1. The fourth-order valence-corrected chi connectivity index (χ4v) is 4.99. The Hall–Kier alpha value is -4.83. The van der Waals surface area contributed by atoms with Gasteiger partial charge in [0.2, 0.25) is 11.8 Å². The molecule has 0 fully saturated rings. The first kappa shape index (κ1) is 23.3. The maximum absolute atomic E-state index is 6.41. The van der Waals surface area contributed by atoms with Gasteiger partial charge in [0.25, 0.3) is 0 Å². The van der Waals surface area contributed by atoms with Gasteiger partial charge in [-0.15, -0.1) is 5.10 Å². The highest BCUT2D eigenvalue weighted by molar-refractivity contribution is 6.30. The fraction of sp³-hybridized carbons (Fsp3) is 0.143. The first-order chi connectivity index (χ1) is 19.1. The average Bonchev–Trinajstić information content (AvgIpc) is 3.71. The molecule has 1 aliphatic heterocycles. The van der Waals surface area contributed by atoms with Crippen LogP contribution >= 0.6 is 11.6 Å². The van der Waals surface area contributed by atoms with Gasteiger partial charge in [-0.25, -0.2) is 19.2 Å². The number of benzene rings is 2. The fourth-order valence-electron chi connectivity index (χ4n) is 4.86. The van der Waals surface area contributed by atoms with Crippen molar-refractivity contribution < 1.29 is 18.6 Å². The Bertz CT molecular complexity index is 1810. The number of aryl methyl sites for hydroxylation is 1. The maximum Gasteiger partial charge on any atom is 0.230 e. The highest BCUT2D eigenvalue weighted by Crippen LogP contribution is 2.49. The molecule has 0 bridgehead atoms. The van der Waals surface area contributed by atoms with E-state index in [9.17, 15) is 0 Å². The molecule has 10 nitrogen and oxygen atoms in total. The number of rotatable bonds is 6. The van der Waals surface area contributed by atoms with E-state index in [0.717, 1.165) is 22.5 Å². The van der Waals surface area contributed by atoms with E-state index >= 15 is 0 Å². The van der Waals surface area contributed by atoms with Gasteiger partial charge >= 0.3 is 0 Å². The molecule has 11 heteroatoms. The minimum atomic E-state index is -0.372. The second-order valence-corrected chi connectivity index (χ2v) is 9.38. The number of hydrogen-bond acceptors (Lipinski definition) is 8. The largest absolute Gasteiger partial charge is 0.493 e. The first-order valence-corrected chi connectivity index (χ1v) is 12.5. The van der Waals surface area contributed by atoms with E-state index in [1.807, 2.05) is 67.6 Å². The lowest BCUT2D eigenvalue weighted by atomic mass is 9.88. The first-order valence-electron chi connectivity index (χ1n) is 12.2. The van der Waals surface area contributed by atoms with Gasteiger partial charge in [0.1, 0.15) is 18.7 Å². The molecule has 5 heterocycles. The third kappa shape index (κ3) is 3.88. The lowest BCUT2D eigenvalue weighted by Crippen LogP contribution is -2.15. The molecule has 0 N–H and O–H groups in total.